The molecule has 19 heavy (non-hydrogen) atoms. The summed E-state index contributed by atoms with van der Waals surface area (Å²) in [6.07, 6.45) is 0. The van der Waals surface area contributed by atoms with Crippen molar-refractivity contribution in [3.63, 3.8) is 0 Å². The van der Waals surface area contributed by atoms with Crippen LogP contribution in [0.2, 0.25) is 0 Å². The summed E-state index contributed by atoms with van der Waals surface area (Å²) in [6, 6.07) is 7.70. The van der Waals surface area contributed by atoms with Gasteiger partial charge in [-0.3, -0.25) is 4.79 Å². The Balaban J connectivity index is 1.87. The van der Waals surface area contributed by atoms with E-state index in [1.807, 2.05) is 31.2 Å². The molecule has 2 heterocycles. The van der Waals surface area contributed by atoms with Crippen LogP contribution in [0.5, 0.6) is 0 Å². The van der Waals surface area contributed by atoms with Crippen molar-refractivity contribution in [1.29, 1.82) is 0 Å². The standard InChI is InChI=1S/C12H12N6O/c1-7-11(8-4-2-3-5-9(8)14-7)12(19)13-6-10-15-17-18-16-10/h2-5,14H,6H2,1H3,(H,13,19)(H,15,16,17,18). The Morgan fingerprint density at radius 2 is 2.21 bits per heavy atom. The van der Waals surface area contributed by atoms with Crippen molar-refractivity contribution in [3.05, 3.63) is 41.3 Å². The van der Waals surface area contributed by atoms with E-state index in [1.54, 1.807) is 0 Å². The van der Waals surface area contributed by atoms with E-state index in [9.17, 15) is 4.79 Å². The molecule has 3 rings (SSSR count). The molecule has 0 aliphatic heterocycles. The smallest absolute Gasteiger partial charge is 0.254 e. The van der Waals surface area contributed by atoms with Crippen LogP contribution in [-0.2, 0) is 6.54 Å². The topological polar surface area (TPSA) is 99.4 Å². The number of H-pyrrole nitrogens is 2. The number of carbonyl (C=O) groups excluding carboxylic acids is 1. The number of aromatic amines is 2. The maximum absolute atomic E-state index is 12.2. The molecule has 0 bridgehead atoms. The van der Waals surface area contributed by atoms with Gasteiger partial charge in [0.25, 0.3) is 5.91 Å². The van der Waals surface area contributed by atoms with Gasteiger partial charge < -0.3 is 10.3 Å². The fourth-order valence-electron chi connectivity index (χ4n) is 2.07. The predicted molar refractivity (Wildman–Crippen MR) is 68.4 cm³/mol. The summed E-state index contributed by atoms with van der Waals surface area (Å²) in [6.45, 7) is 2.12. The molecule has 0 saturated carbocycles. The maximum Gasteiger partial charge on any atom is 0.254 e. The van der Waals surface area contributed by atoms with Gasteiger partial charge in [-0.2, -0.15) is 5.21 Å². The van der Waals surface area contributed by atoms with Crippen LogP contribution in [0.1, 0.15) is 21.9 Å². The van der Waals surface area contributed by atoms with E-state index >= 15 is 0 Å². The van der Waals surface area contributed by atoms with Gasteiger partial charge in [-0.1, -0.05) is 23.4 Å². The van der Waals surface area contributed by atoms with E-state index in [4.69, 9.17) is 0 Å². The van der Waals surface area contributed by atoms with E-state index in [2.05, 4.69) is 30.9 Å². The molecule has 0 spiro atoms. The van der Waals surface area contributed by atoms with Crippen LogP contribution in [0.3, 0.4) is 0 Å². The third-order valence-electron chi connectivity index (χ3n) is 2.92. The molecule has 0 unspecified atom stereocenters. The molecule has 0 radical (unpaired) electrons. The molecule has 3 aromatic rings. The molecular formula is C12H12N6O. The Morgan fingerprint density at radius 1 is 1.37 bits per heavy atom. The number of nitrogens with zero attached hydrogens (tertiary/aromatic N) is 3. The normalized spacial score (nSPS) is 10.8. The van der Waals surface area contributed by atoms with Crippen molar-refractivity contribution >= 4 is 16.8 Å². The first-order chi connectivity index (χ1) is 9.25. The lowest BCUT2D eigenvalue weighted by Gasteiger charge is -2.02. The minimum Gasteiger partial charge on any atom is -0.358 e. The molecule has 1 aromatic carbocycles. The van der Waals surface area contributed by atoms with Crippen LogP contribution in [0.25, 0.3) is 10.9 Å². The molecule has 2 aromatic heterocycles. The van der Waals surface area contributed by atoms with Crippen LogP contribution in [0.4, 0.5) is 0 Å². The van der Waals surface area contributed by atoms with Gasteiger partial charge in [0.2, 0.25) is 0 Å². The van der Waals surface area contributed by atoms with Gasteiger partial charge >= 0.3 is 0 Å². The highest BCUT2D eigenvalue weighted by atomic mass is 16.1. The first-order valence-corrected chi connectivity index (χ1v) is 5.83. The lowest BCUT2D eigenvalue weighted by molar-refractivity contribution is 0.0951. The van der Waals surface area contributed by atoms with Gasteiger partial charge in [-0.25, -0.2) is 0 Å². The van der Waals surface area contributed by atoms with Crippen molar-refractivity contribution in [2.45, 2.75) is 13.5 Å². The number of tetrazole rings is 1. The molecule has 7 heteroatoms. The number of fused-ring (bicyclic) bond motifs is 1. The Kier molecular flexibility index (Phi) is 2.71. The molecule has 0 aliphatic carbocycles. The van der Waals surface area contributed by atoms with Crippen molar-refractivity contribution in [2.24, 2.45) is 0 Å². The second-order valence-electron chi connectivity index (χ2n) is 4.18. The number of nitrogens with one attached hydrogen (secondary N) is 3. The van der Waals surface area contributed by atoms with Gasteiger partial charge in [0.15, 0.2) is 5.82 Å². The van der Waals surface area contributed by atoms with Crippen molar-refractivity contribution in [2.75, 3.05) is 0 Å². The highest BCUT2D eigenvalue weighted by molar-refractivity contribution is 6.08. The average molecular weight is 256 g/mol. The minimum atomic E-state index is -0.153. The van der Waals surface area contributed by atoms with E-state index in [-0.39, 0.29) is 12.5 Å². The van der Waals surface area contributed by atoms with Crippen LogP contribution >= 0.6 is 0 Å². The van der Waals surface area contributed by atoms with E-state index in [0.717, 1.165) is 16.6 Å². The zero-order chi connectivity index (χ0) is 13.2. The molecule has 0 saturated heterocycles. The fraction of sp³-hybridized carbons (Fsp3) is 0.167. The number of amides is 1. The highest BCUT2D eigenvalue weighted by Gasteiger charge is 2.15. The molecule has 7 nitrogen and oxygen atoms in total. The van der Waals surface area contributed by atoms with Gasteiger partial charge in [0.05, 0.1) is 12.1 Å². The van der Waals surface area contributed by atoms with Gasteiger partial charge in [-0.05, 0) is 13.0 Å². The SMILES string of the molecule is Cc1[nH]c2ccccc2c1C(=O)NCc1nn[nH]n1. The highest BCUT2D eigenvalue weighted by Crippen LogP contribution is 2.21. The van der Waals surface area contributed by atoms with Gasteiger partial charge in [-0.15, -0.1) is 10.2 Å². The summed E-state index contributed by atoms with van der Waals surface area (Å²) in [5.41, 5.74) is 2.44. The predicted octanol–water partition coefficient (Wildman–Crippen LogP) is 0.919. The number of aryl methyl sites for hydroxylation is 1. The second-order valence-corrected chi connectivity index (χ2v) is 4.18. The number of rotatable bonds is 3. The quantitative estimate of drug-likeness (QED) is 0.648. The zero-order valence-corrected chi connectivity index (χ0v) is 10.3. The maximum atomic E-state index is 12.2. The number of hydrogen-bond acceptors (Lipinski definition) is 4. The van der Waals surface area contributed by atoms with Gasteiger partial charge in [0.1, 0.15) is 0 Å². The number of hydrogen-bond donors (Lipinski definition) is 3. The third-order valence-corrected chi connectivity index (χ3v) is 2.92. The minimum absolute atomic E-state index is 0.153. The number of benzene rings is 1. The van der Waals surface area contributed by atoms with E-state index in [1.165, 1.54) is 0 Å². The molecule has 3 N–H and O–H groups in total. The first-order valence-electron chi connectivity index (χ1n) is 5.83. The first kappa shape index (κ1) is 11.4. The molecule has 0 aliphatic rings. The average Bonchev–Trinajstić information content (AvgIpc) is 3.02. The van der Waals surface area contributed by atoms with Gasteiger partial charge in [0, 0.05) is 16.6 Å². The number of para-hydroxylation sites is 1. The Labute approximate surface area is 108 Å². The third kappa shape index (κ3) is 2.05. The zero-order valence-electron chi connectivity index (χ0n) is 10.3. The van der Waals surface area contributed by atoms with E-state index < -0.39 is 0 Å². The molecule has 96 valence electrons. The summed E-state index contributed by atoms with van der Waals surface area (Å²) >= 11 is 0. The van der Waals surface area contributed by atoms with Crippen LogP contribution in [0.15, 0.2) is 24.3 Å². The van der Waals surface area contributed by atoms with Crippen LogP contribution in [-0.4, -0.2) is 31.5 Å². The van der Waals surface area contributed by atoms with Crippen molar-refractivity contribution in [1.82, 2.24) is 30.9 Å². The lowest BCUT2D eigenvalue weighted by Crippen LogP contribution is -2.24. The Bertz CT molecular complexity index is 715. The number of aromatic nitrogens is 5. The van der Waals surface area contributed by atoms with Crippen molar-refractivity contribution in [3.8, 4) is 0 Å². The lowest BCUT2D eigenvalue weighted by atomic mass is 10.1. The monoisotopic (exact) mass is 256 g/mol. The van der Waals surface area contributed by atoms with E-state index in [0.29, 0.717) is 11.4 Å². The van der Waals surface area contributed by atoms with Crippen molar-refractivity contribution < 1.29 is 4.79 Å². The summed E-state index contributed by atoms with van der Waals surface area (Å²) < 4.78 is 0. The molecule has 0 fully saturated rings. The summed E-state index contributed by atoms with van der Waals surface area (Å²) in [5.74, 6) is 0.297. The van der Waals surface area contributed by atoms with Crippen LogP contribution < -0.4 is 5.32 Å². The summed E-state index contributed by atoms with van der Waals surface area (Å²) in [5, 5.41) is 17.0. The fourth-order valence-corrected chi connectivity index (χ4v) is 2.07. The largest absolute Gasteiger partial charge is 0.358 e. The Morgan fingerprint density at radius 3 is 3.00 bits per heavy atom. The summed E-state index contributed by atoms with van der Waals surface area (Å²) in [7, 11) is 0. The second kappa shape index (κ2) is 4.52. The Hall–Kier alpha value is -2.70. The van der Waals surface area contributed by atoms with Crippen LogP contribution in [0, 0.1) is 6.92 Å². The molecular weight excluding hydrogens is 244 g/mol. The molecule has 1 amide bonds. The summed E-state index contributed by atoms with van der Waals surface area (Å²) in [4.78, 5) is 15.4. The number of carbonyl (C=O) groups is 1. The molecule has 0 atom stereocenters.